The van der Waals surface area contributed by atoms with Gasteiger partial charge in [-0.3, -0.25) is 0 Å². The maximum absolute atomic E-state index is 5.72. The molecule has 0 saturated heterocycles. The summed E-state index contributed by atoms with van der Waals surface area (Å²) in [4.78, 5) is 0. The molecule has 0 unspecified atom stereocenters. The largest absolute Gasteiger partial charge is 0.461 e. The van der Waals surface area contributed by atoms with Gasteiger partial charge in [0.05, 0.1) is 0 Å². The van der Waals surface area contributed by atoms with Crippen LogP contribution in [0.15, 0.2) is 28.7 Å². The van der Waals surface area contributed by atoms with Gasteiger partial charge in [0.2, 0.25) is 0 Å². The van der Waals surface area contributed by atoms with Crippen LogP contribution in [0.3, 0.4) is 0 Å². The van der Waals surface area contributed by atoms with Gasteiger partial charge in [-0.25, -0.2) is 0 Å². The number of hydrogen-bond donors (Lipinski definition) is 2. The van der Waals surface area contributed by atoms with Gasteiger partial charge in [0.15, 0.2) is 0 Å². The molecular formula is C14H20N2O. The molecule has 3 nitrogen and oxygen atoms in total. The van der Waals surface area contributed by atoms with Gasteiger partial charge < -0.3 is 15.5 Å². The number of furan rings is 1. The van der Waals surface area contributed by atoms with Crippen molar-refractivity contribution in [3.8, 4) is 0 Å². The number of rotatable bonds is 6. The molecule has 1 aromatic heterocycles. The molecule has 1 aromatic carbocycles. The van der Waals surface area contributed by atoms with E-state index in [0.717, 1.165) is 43.8 Å². The first-order valence-corrected chi connectivity index (χ1v) is 6.20. The van der Waals surface area contributed by atoms with Crippen LogP contribution in [-0.2, 0) is 6.54 Å². The Labute approximate surface area is 102 Å². The van der Waals surface area contributed by atoms with E-state index in [1.54, 1.807) is 0 Å². The Morgan fingerprint density at radius 2 is 2.06 bits per heavy atom. The van der Waals surface area contributed by atoms with E-state index in [1.165, 1.54) is 10.9 Å². The van der Waals surface area contributed by atoms with Crippen molar-refractivity contribution in [3.05, 3.63) is 35.6 Å². The van der Waals surface area contributed by atoms with E-state index in [0.29, 0.717) is 0 Å². The van der Waals surface area contributed by atoms with Crippen LogP contribution in [0.5, 0.6) is 0 Å². The van der Waals surface area contributed by atoms with E-state index in [1.807, 2.05) is 19.1 Å². The number of hydrogen-bond acceptors (Lipinski definition) is 3. The molecule has 2 aromatic rings. The Kier molecular flexibility index (Phi) is 4.18. The van der Waals surface area contributed by atoms with Crippen molar-refractivity contribution in [3.63, 3.8) is 0 Å². The SMILES string of the molecule is Cc1oc2ccccc2c1CNCCCCN. The topological polar surface area (TPSA) is 51.2 Å². The van der Waals surface area contributed by atoms with Gasteiger partial charge in [-0.2, -0.15) is 0 Å². The summed E-state index contributed by atoms with van der Waals surface area (Å²) in [5.41, 5.74) is 7.71. The Hall–Kier alpha value is -1.32. The fourth-order valence-electron chi connectivity index (χ4n) is 2.05. The van der Waals surface area contributed by atoms with E-state index in [-0.39, 0.29) is 0 Å². The van der Waals surface area contributed by atoms with Crippen molar-refractivity contribution in [1.82, 2.24) is 5.32 Å². The minimum atomic E-state index is 0.773. The monoisotopic (exact) mass is 232 g/mol. The summed E-state index contributed by atoms with van der Waals surface area (Å²) in [6, 6.07) is 8.18. The molecule has 3 N–H and O–H groups in total. The Bertz CT molecular complexity index is 476. The lowest BCUT2D eigenvalue weighted by Crippen LogP contribution is -2.16. The highest BCUT2D eigenvalue weighted by Crippen LogP contribution is 2.24. The van der Waals surface area contributed by atoms with Crippen LogP contribution in [-0.4, -0.2) is 13.1 Å². The lowest BCUT2D eigenvalue weighted by atomic mass is 10.1. The second kappa shape index (κ2) is 5.84. The molecule has 92 valence electrons. The molecular weight excluding hydrogens is 212 g/mol. The number of nitrogens with two attached hydrogens (primary N) is 1. The average Bonchev–Trinajstić information content (AvgIpc) is 2.65. The standard InChI is InChI=1S/C14H20N2O/c1-11-13(10-16-9-5-4-8-15)12-6-2-3-7-14(12)17-11/h2-3,6-7,16H,4-5,8-10,15H2,1H3. The van der Waals surface area contributed by atoms with E-state index in [4.69, 9.17) is 10.2 Å². The summed E-state index contributed by atoms with van der Waals surface area (Å²) in [6.45, 7) is 4.68. The lowest BCUT2D eigenvalue weighted by Gasteiger charge is -2.03. The maximum atomic E-state index is 5.72. The highest BCUT2D eigenvalue weighted by atomic mass is 16.3. The number of aryl methyl sites for hydroxylation is 1. The molecule has 17 heavy (non-hydrogen) atoms. The molecule has 0 radical (unpaired) electrons. The third-order valence-corrected chi connectivity index (χ3v) is 3.01. The zero-order valence-electron chi connectivity index (χ0n) is 10.3. The van der Waals surface area contributed by atoms with Crippen molar-refractivity contribution >= 4 is 11.0 Å². The van der Waals surface area contributed by atoms with E-state index in [2.05, 4.69) is 17.4 Å². The fourth-order valence-corrected chi connectivity index (χ4v) is 2.05. The first kappa shape index (κ1) is 12.1. The van der Waals surface area contributed by atoms with Crippen molar-refractivity contribution < 1.29 is 4.42 Å². The van der Waals surface area contributed by atoms with Gasteiger partial charge in [-0.15, -0.1) is 0 Å². The first-order chi connectivity index (χ1) is 8.33. The van der Waals surface area contributed by atoms with Gasteiger partial charge >= 0.3 is 0 Å². The average molecular weight is 232 g/mol. The quantitative estimate of drug-likeness (QED) is 0.753. The summed E-state index contributed by atoms with van der Waals surface area (Å²) >= 11 is 0. The molecule has 0 aliphatic rings. The van der Waals surface area contributed by atoms with Crippen LogP contribution in [0.1, 0.15) is 24.2 Å². The minimum Gasteiger partial charge on any atom is -0.461 e. The molecule has 0 aliphatic heterocycles. The highest BCUT2D eigenvalue weighted by Gasteiger charge is 2.09. The third-order valence-electron chi connectivity index (χ3n) is 3.01. The van der Waals surface area contributed by atoms with Gasteiger partial charge in [0.1, 0.15) is 11.3 Å². The van der Waals surface area contributed by atoms with Crippen molar-refractivity contribution in [2.24, 2.45) is 5.73 Å². The molecule has 0 bridgehead atoms. The summed E-state index contributed by atoms with van der Waals surface area (Å²) in [7, 11) is 0. The molecule has 0 fully saturated rings. The van der Waals surface area contributed by atoms with E-state index in [9.17, 15) is 0 Å². The van der Waals surface area contributed by atoms with Crippen LogP contribution in [0.2, 0.25) is 0 Å². The van der Waals surface area contributed by atoms with E-state index >= 15 is 0 Å². The first-order valence-electron chi connectivity index (χ1n) is 6.20. The zero-order valence-corrected chi connectivity index (χ0v) is 10.3. The molecule has 0 aliphatic carbocycles. The predicted molar refractivity (Wildman–Crippen MR) is 70.9 cm³/mol. The molecule has 3 heteroatoms. The summed E-state index contributed by atoms with van der Waals surface area (Å²) in [6.07, 6.45) is 2.21. The number of fused-ring (bicyclic) bond motifs is 1. The number of para-hydroxylation sites is 1. The van der Waals surface area contributed by atoms with Gasteiger partial charge in [0, 0.05) is 17.5 Å². The van der Waals surface area contributed by atoms with Crippen LogP contribution >= 0.6 is 0 Å². The molecule has 0 amide bonds. The molecule has 0 atom stereocenters. The van der Waals surface area contributed by atoms with Crippen LogP contribution in [0.25, 0.3) is 11.0 Å². The minimum absolute atomic E-state index is 0.773. The Morgan fingerprint density at radius 1 is 1.24 bits per heavy atom. The van der Waals surface area contributed by atoms with Crippen LogP contribution in [0.4, 0.5) is 0 Å². The number of unbranched alkanes of at least 4 members (excludes halogenated alkanes) is 1. The smallest absolute Gasteiger partial charge is 0.134 e. The van der Waals surface area contributed by atoms with Gasteiger partial charge in [-0.05, 0) is 38.9 Å². The molecule has 1 heterocycles. The second-order valence-electron chi connectivity index (χ2n) is 4.31. The van der Waals surface area contributed by atoms with Crippen LogP contribution in [0, 0.1) is 6.92 Å². The Balaban J connectivity index is 2.00. The number of nitrogens with one attached hydrogen (secondary N) is 1. The normalized spacial score (nSPS) is 11.2. The van der Waals surface area contributed by atoms with Gasteiger partial charge in [0.25, 0.3) is 0 Å². The second-order valence-corrected chi connectivity index (χ2v) is 4.31. The van der Waals surface area contributed by atoms with Crippen LogP contribution < -0.4 is 11.1 Å². The summed E-state index contributed by atoms with van der Waals surface area (Å²) < 4.78 is 5.72. The summed E-state index contributed by atoms with van der Waals surface area (Å²) in [5, 5.41) is 4.66. The highest BCUT2D eigenvalue weighted by molar-refractivity contribution is 5.82. The predicted octanol–water partition coefficient (Wildman–Crippen LogP) is 2.57. The van der Waals surface area contributed by atoms with Crippen molar-refractivity contribution in [2.45, 2.75) is 26.3 Å². The zero-order chi connectivity index (χ0) is 12.1. The van der Waals surface area contributed by atoms with Crippen molar-refractivity contribution in [1.29, 1.82) is 0 Å². The fraction of sp³-hybridized carbons (Fsp3) is 0.429. The van der Waals surface area contributed by atoms with E-state index < -0.39 is 0 Å². The van der Waals surface area contributed by atoms with Gasteiger partial charge in [-0.1, -0.05) is 18.2 Å². The molecule has 0 spiro atoms. The number of benzene rings is 1. The Morgan fingerprint density at radius 3 is 2.88 bits per heavy atom. The third kappa shape index (κ3) is 2.87. The molecule has 2 rings (SSSR count). The molecule has 0 saturated carbocycles. The summed E-state index contributed by atoms with van der Waals surface area (Å²) in [5.74, 6) is 1.01. The van der Waals surface area contributed by atoms with Crippen molar-refractivity contribution in [2.75, 3.05) is 13.1 Å². The lowest BCUT2D eigenvalue weighted by molar-refractivity contribution is 0.561. The maximum Gasteiger partial charge on any atom is 0.134 e.